The molecule has 1 unspecified atom stereocenters. The minimum atomic E-state index is -0.977. The topological polar surface area (TPSA) is 78.4 Å². The third-order valence-corrected chi connectivity index (χ3v) is 3.07. The fourth-order valence-electron chi connectivity index (χ4n) is 1.98. The highest BCUT2D eigenvalue weighted by Crippen LogP contribution is 2.20. The number of carboxylic acid groups (broad SMARTS) is 1. The van der Waals surface area contributed by atoms with E-state index in [9.17, 15) is 9.59 Å². The second-order valence-electron chi connectivity index (χ2n) is 5.69. The van der Waals surface area contributed by atoms with E-state index in [-0.39, 0.29) is 11.8 Å². The van der Waals surface area contributed by atoms with E-state index in [2.05, 4.69) is 10.6 Å². The van der Waals surface area contributed by atoms with Crippen molar-refractivity contribution in [3.05, 3.63) is 0 Å². The molecule has 0 aliphatic carbocycles. The molecule has 3 N–H and O–H groups in total. The van der Waals surface area contributed by atoms with Crippen LogP contribution in [0.15, 0.2) is 0 Å². The molecule has 5 heteroatoms. The standard InChI is InChI=1S/C12H22N2O3/c1-12(2,3)9(11(16)17)14-10(15)8-5-4-6-13-7-8/h8-9,13H,4-7H2,1-3H3,(H,14,15)(H,16,17)/t8-,9?/m0/s1. The zero-order valence-corrected chi connectivity index (χ0v) is 10.7. The van der Waals surface area contributed by atoms with Crippen molar-refractivity contribution in [1.29, 1.82) is 0 Å². The Labute approximate surface area is 102 Å². The molecule has 98 valence electrons. The Morgan fingerprint density at radius 1 is 1.41 bits per heavy atom. The predicted molar refractivity (Wildman–Crippen MR) is 64.6 cm³/mol. The SMILES string of the molecule is CC(C)(C)C(NC(=O)[C@H]1CCCNC1)C(=O)O. The maximum Gasteiger partial charge on any atom is 0.326 e. The molecule has 1 rings (SSSR count). The molecule has 0 radical (unpaired) electrons. The Hall–Kier alpha value is -1.10. The third-order valence-electron chi connectivity index (χ3n) is 3.07. The third kappa shape index (κ3) is 4.00. The van der Waals surface area contributed by atoms with Gasteiger partial charge in [0, 0.05) is 6.54 Å². The number of carbonyl (C=O) groups excluding carboxylic acids is 1. The summed E-state index contributed by atoms with van der Waals surface area (Å²) in [7, 11) is 0. The maximum atomic E-state index is 11.9. The Morgan fingerprint density at radius 2 is 2.06 bits per heavy atom. The van der Waals surface area contributed by atoms with E-state index < -0.39 is 17.4 Å². The zero-order valence-electron chi connectivity index (χ0n) is 10.7. The van der Waals surface area contributed by atoms with E-state index in [1.54, 1.807) is 0 Å². The van der Waals surface area contributed by atoms with Crippen LogP contribution in [-0.4, -0.2) is 36.1 Å². The molecule has 5 nitrogen and oxygen atoms in total. The van der Waals surface area contributed by atoms with E-state index in [0.717, 1.165) is 19.4 Å². The summed E-state index contributed by atoms with van der Waals surface area (Å²) in [6.07, 6.45) is 1.79. The first-order valence-corrected chi connectivity index (χ1v) is 6.06. The highest BCUT2D eigenvalue weighted by molar-refractivity contribution is 5.85. The monoisotopic (exact) mass is 242 g/mol. The minimum absolute atomic E-state index is 0.104. The molecule has 1 saturated heterocycles. The van der Waals surface area contributed by atoms with E-state index in [1.165, 1.54) is 0 Å². The van der Waals surface area contributed by atoms with Crippen molar-refractivity contribution in [2.45, 2.75) is 39.7 Å². The van der Waals surface area contributed by atoms with Crippen molar-refractivity contribution in [2.24, 2.45) is 11.3 Å². The van der Waals surface area contributed by atoms with Gasteiger partial charge in [0.05, 0.1) is 5.92 Å². The molecule has 2 atom stereocenters. The minimum Gasteiger partial charge on any atom is -0.480 e. The van der Waals surface area contributed by atoms with Gasteiger partial charge in [0.1, 0.15) is 6.04 Å². The molecule has 0 saturated carbocycles. The van der Waals surface area contributed by atoms with Gasteiger partial charge >= 0.3 is 5.97 Å². The number of hydrogen-bond donors (Lipinski definition) is 3. The molecule has 1 aliphatic rings. The average molecular weight is 242 g/mol. The first-order chi connectivity index (χ1) is 7.82. The van der Waals surface area contributed by atoms with Crippen LogP contribution in [0.4, 0.5) is 0 Å². The Morgan fingerprint density at radius 3 is 2.47 bits per heavy atom. The first-order valence-electron chi connectivity index (χ1n) is 6.06. The van der Waals surface area contributed by atoms with E-state index in [1.807, 2.05) is 20.8 Å². The Balaban J connectivity index is 2.60. The van der Waals surface area contributed by atoms with Crippen LogP contribution in [0.2, 0.25) is 0 Å². The van der Waals surface area contributed by atoms with E-state index in [0.29, 0.717) is 6.54 Å². The molecule has 0 aromatic carbocycles. The van der Waals surface area contributed by atoms with E-state index >= 15 is 0 Å². The summed E-state index contributed by atoms with van der Waals surface area (Å²) in [6.45, 7) is 7.01. The van der Waals surface area contributed by atoms with Crippen LogP contribution in [0, 0.1) is 11.3 Å². The largest absolute Gasteiger partial charge is 0.480 e. The summed E-state index contributed by atoms with van der Waals surface area (Å²) in [5, 5.41) is 14.9. The Bertz CT molecular complexity index is 291. The van der Waals surface area contributed by atoms with Crippen LogP contribution >= 0.6 is 0 Å². The quantitative estimate of drug-likeness (QED) is 0.677. The van der Waals surface area contributed by atoms with E-state index in [4.69, 9.17) is 5.11 Å². The molecular weight excluding hydrogens is 220 g/mol. The molecule has 1 aliphatic heterocycles. The maximum absolute atomic E-state index is 11.9. The van der Waals surface area contributed by atoms with Crippen molar-refractivity contribution in [3.8, 4) is 0 Å². The van der Waals surface area contributed by atoms with Crippen LogP contribution in [0.1, 0.15) is 33.6 Å². The molecular formula is C12H22N2O3. The van der Waals surface area contributed by atoms with Gasteiger partial charge in [-0.2, -0.15) is 0 Å². The molecule has 17 heavy (non-hydrogen) atoms. The van der Waals surface area contributed by atoms with Crippen molar-refractivity contribution < 1.29 is 14.7 Å². The number of rotatable bonds is 3. The smallest absolute Gasteiger partial charge is 0.326 e. The number of piperidine rings is 1. The number of carbonyl (C=O) groups is 2. The summed E-state index contributed by atoms with van der Waals surface area (Å²) in [5.74, 6) is -1.23. The number of amides is 1. The average Bonchev–Trinajstić information content (AvgIpc) is 2.24. The van der Waals surface area contributed by atoms with Crippen molar-refractivity contribution in [2.75, 3.05) is 13.1 Å². The zero-order chi connectivity index (χ0) is 13.1. The second-order valence-corrected chi connectivity index (χ2v) is 5.69. The van der Waals surface area contributed by atoms with Gasteiger partial charge in [0.25, 0.3) is 0 Å². The van der Waals surface area contributed by atoms with Gasteiger partial charge in [-0.15, -0.1) is 0 Å². The van der Waals surface area contributed by atoms with Gasteiger partial charge in [-0.25, -0.2) is 4.79 Å². The molecule has 1 fully saturated rings. The highest BCUT2D eigenvalue weighted by atomic mass is 16.4. The fourth-order valence-corrected chi connectivity index (χ4v) is 1.98. The fraction of sp³-hybridized carbons (Fsp3) is 0.833. The molecule has 0 spiro atoms. The van der Waals surface area contributed by atoms with Crippen molar-refractivity contribution >= 4 is 11.9 Å². The normalized spacial score (nSPS) is 22.9. The lowest BCUT2D eigenvalue weighted by molar-refractivity contribution is -0.145. The van der Waals surface area contributed by atoms with Crippen molar-refractivity contribution in [1.82, 2.24) is 10.6 Å². The van der Waals surface area contributed by atoms with Gasteiger partial charge in [0.2, 0.25) is 5.91 Å². The summed E-state index contributed by atoms with van der Waals surface area (Å²) in [4.78, 5) is 23.1. The lowest BCUT2D eigenvalue weighted by atomic mass is 9.86. The molecule has 1 amide bonds. The molecule has 0 bridgehead atoms. The van der Waals surface area contributed by atoms with Gasteiger partial charge in [-0.1, -0.05) is 20.8 Å². The highest BCUT2D eigenvalue weighted by Gasteiger charge is 2.34. The predicted octanol–water partition coefficient (Wildman–Crippen LogP) is 0.602. The van der Waals surface area contributed by atoms with Gasteiger partial charge in [-0.3, -0.25) is 4.79 Å². The van der Waals surface area contributed by atoms with Gasteiger partial charge in [-0.05, 0) is 24.8 Å². The molecule has 0 aromatic rings. The van der Waals surface area contributed by atoms with Crippen LogP contribution in [0.25, 0.3) is 0 Å². The van der Waals surface area contributed by atoms with Crippen LogP contribution < -0.4 is 10.6 Å². The van der Waals surface area contributed by atoms with Gasteiger partial charge < -0.3 is 15.7 Å². The van der Waals surface area contributed by atoms with Crippen LogP contribution in [0.5, 0.6) is 0 Å². The number of hydrogen-bond acceptors (Lipinski definition) is 3. The second kappa shape index (κ2) is 5.49. The number of nitrogens with one attached hydrogen (secondary N) is 2. The lowest BCUT2D eigenvalue weighted by Gasteiger charge is -2.30. The van der Waals surface area contributed by atoms with Crippen molar-refractivity contribution in [3.63, 3.8) is 0 Å². The number of carboxylic acids is 1. The van der Waals surface area contributed by atoms with Gasteiger partial charge in [0.15, 0.2) is 0 Å². The lowest BCUT2D eigenvalue weighted by Crippen LogP contribution is -2.52. The number of aliphatic carboxylic acids is 1. The summed E-state index contributed by atoms with van der Waals surface area (Å²) >= 11 is 0. The first kappa shape index (κ1) is 14.0. The Kier molecular flexibility index (Phi) is 4.51. The van der Waals surface area contributed by atoms with Crippen LogP contribution in [0.3, 0.4) is 0 Å². The molecule has 1 heterocycles. The molecule has 0 aromatic heterocycles. The summed E-state index contributed by atoms with van der Waals surface area (Å²) in [5.41, 5.74) is -0.483. The summed E-state index contributed by atoms with van der Waals surface area (Å²) < 4.78 is 0. The van der Waals surface area contributed by atoms with Crippen LogP contribution in [-0.2, 0) is 9.59 Å². The summed E-state index contributed by atoms with van der Waals surface area (Å²) in [6, 6.07) is -0.836.